The normalized spacial score (nSPS) is 10.4. The Kier molecular flexibility index (Phi) is 4.79. The molecule has 1 aromatic heterocycles. The second-order valence-corrected chi connectivity index (χ2v) is 4.93. The third kappa shape index (κ3) is 3.61. The Morgan fingerprint density at radius 1 is 1.15 bits per heavy atom. The molecule has 4 nitrogen and oxygen atoms in total. The Morgan fingerprint density at radius 3 is 2.50 bits per heavy atom. The molecule has 0 bridgehead atoms. The Bertz CT molecular complexity index is 584. The smallest absolute Gasteiger partial charge is 0.222 e. The number of ether oxygens (including phenoxy) is 1. The van der Waals surface area contributed by atoms with Crippen molar-refractivity contribution in [3.8, 4) is 5.88 Å². The first-order chi connectivity index (χ1) is 9.60. The summed E-state index contributed by atoms with van der Waals surface area (Å²) >= 11 is 5.86. The number of nitrogens with zero attached hydrogens (tertiary/aromatic N) is 2. The molecule has 5 heteroatoms. The van der Waals surface area contributed by atoms with Crippen LogP contribution in [0.15, 0.2) is 24.3 Å². The molecule has 0 aliphatic heterocycles. The van der Waals surface area contributed by atoms with E-state index in [0.717, 1.165) is 28.5 Å². The predicted octanol–water partition coefficient (Wildman–Crippen LogP) is 3.76. The van der Waals surface area contributed by atoms with Crippen molar-refractivity contribution in [3.63, 3.8) is 0 Å². The van der Waals surface area contributed by atoms with E-state index >= 15 is 0 Å². The van der Waals surface area contributed by atoms with Gasteiger partial charge >= 0.3 is 0 Å². The van der Waals surface area contributed by atoms with E-state index in [4.69, 9.17) is 16.3 Å². The van der Waals surface area contributed by atoms with Gasteiger partial charge in [0.25, 0.3) is 0 Å². The van der Waals surface area contributed by atoms with Crippen molar-refractivity contribution in [2.45, 2.75) is 27.4 Å². The molecule has 2 rings (SSSR count). The lowest BCUT2D eigenvalue weighted by Gasteiger charge is -2.13. The van der Waals surface area contributed by atoms with E-state index in [1.807, 2.05) is 45.0 Å². The molecule has 20 heavy (non-hydrogen) atoms. The quantitative estimate of drug-likeness (QED) is 0.911. The van der Waals surface area contributed by atoms with Gasteiger partial charge in [0.05, 0.1) is 5.56 Å². The average molecular weight is 292 g/mol. The molecule has 0 aliphatic carbocycles. The number of nitrogens with one attached hydrogen (secondary N) is 1. The second-order valence-electron chi connectivity index (χ2n) is 4.50. The van der Waals surface area contributed by atoms with Gasteiger partial charge < -0.3 is 10.1 Å². The van der Waals surface area contributed by atoms with Crippen LogP contribution in [0.2, 0.25) is 5.02 Å². The minimum absolute atomic E-state index is 0.458. The van der Waals surface area contributed by atoms with Crippen molar-refractivity contribution >= 4 is 17.4 Å². The summed E-state index contributed by atoms with van der Waals surface area (Å²) in [5.74, 6) is 2.13. The fraction of sp³-hybridized carbons (Fsp3) is 0.333. The molecule has 0 saturated heterocycles. The number of hydrogen-bond acceptors (Lipinski definition) is 4. The minimum Gasteiger partial charge on any atom is -0.472 e. The number of halogens is 1. The molecule has 0 aliphatic rings. The fourth-order valence-electron chi connectivity index (χ4n) is 1.82. The van der Waals surface area contributed by atoms with Crippen LogP contribution in [0.4, 0.5) is 5.82 Å². The van der Waals surface area contributed by atoms with Crippen LogP contribution in [0.25, 0.3) is 0 Å². The zero-order chi connectivity index (χ0) is 14.5. The van der Waals surface area contributed by atoms with E-state index in [2.05, 4.69) is 15.3 Å². The first-order valence-corrected chi connectivity index (χ1v) is 6.94. The highest BCUT2D eigenvalue weighted by atomic mass is 35.5. The summed E-state index contributed by atoms with van der Waals surface area (Å²) in [5, 5.41) is 3.93. The molecule has 106 valence electrons. The van der Waals surface area contributed by atoms with E-state index in [1.165, 1.54) is 0 Å². The van der Waals surface area contributed by atoms with Crippen molar-refractivity contribution in [2.75, 3.05) is 11.9 Å². The van der Waals surface area contributed by atoms with Crippen molar-refractivity contribution in [1.82, 2.24) is 9.97 Å². The number of aromatic nitrogens is 2. The van der Waals surface area contributed by atoms with Gasteiger partial charge in [0.15, 0.2) is 0 Å². The molecule has 1 heterocycles. The summed E-state index contributed by atoms with van der Waals surface area (Å²) < 4.78 is 5.80. The van der Waals surface area contributed by atoms with Crippen LogP contribution in [0.1, 0.15) is 23.9 Å². The van der Waals surface area contributed by atoms with Crippen molar-refractivity contribution < 1.29 is 4.74 Å². The van der Waals surface area contributed by atoms with Gasteiger partial charge in [0, 0.05) is 11.6 Å². The molecule has 1 aromatic carbocycles. The van der Waals surface area contributed by atoms with E-state index in [-0.39, 0.29) is 0 Å². The molecule has 0 fully saturated rings. The first-order valence-electron chi connectivity index (χ1n) is 6.56. The van der Waals surface area contributed by atoms with E-state index in [9.17, 15) is 0 Å². The van der Waals surface area contributed by atoms with Crippen molar-refractivity contribution in [3.05, 3.63) is 46.2 Å². The van der Waals surface area contributed by atoms with Gasteiger partial charge in [0.1, 0.15) is 18.2 Å². The number of aryl methyl sites for hydroxylation is 1. The second kappa shape index (κ2) is 6.57. The lowest BCUT2D eigenvalue weighted by Crippen LogP contribution is -2.07. The van der Waals surface area contributed by atoms with Crippen LogP contribution in [-0.2, 0) is 6.61 Å². The topological polar surface area (TPSA) is 47.0 Å². The van der Waals surface area contributed by atoms with Crippen LogP contribution in [0, 0.1) is 13.8 Å². The summed E-state index contributed by atoms with van der Waals surface area (Å²) in [6.45, 7) is 7.11. The standard InChI is InChI=1S/C15H18ClN3O/c1-4-17-14-10(2)15(19-11(3)18-14)20-9-12-5-7-13(16)8-6-12/h5-8H,4,9H2,1-3H3,(H,17,18,19). The molecular formula is C15H18ClN3O. The SMILES string of the molecule is CCNc1nc(C)nc(OCc2ccc(Cl)cc2)c1C. The largest absolute Gasteiger partial charge is 0.472 e. The summed E-state index contributed by atoms with van der Waals surface area (Å²) in [6.07, 6.45) is 0. The third-order valence-electron chi connectivity index (χ3n) is 2.85. The molecule has 0 unspecified atom stereocenters. The highest BCUT2D eigenvalue weighted by Gasteiger charge is 2.10. The Morgan fingerprint density at radius 2 is 1.85 bits per heavy atom. The van der Waals surface area contributed by atoms with E-state index in [0.29, 0.717) is 18.3 Å². The summed E-state index contributed by atoms with van der Waals surface area (Å²) in [5.41, 5.74) is 1.97. The van der Waals surface area contributed by atoms with E-state index < -0.39 is 0 Å². The van der Waals surface area contributed by atoms with Gasteiger partial charge in [-0.2, -0.15) is 4.98 Å². The zero-order valence-electron chi connectivity index (χ0n) is 11.9. The maximum Gasteiger partial charge on any atom is 0.222 e. The maximum absolute atomic E-state index is 5.86. The zero-order valence-corrected chi connectivity index (χ0v) is 12.7. The third-order valence-corrected chi connectivity index (χ3v) is 3.10. The van der Waals surface area contributed by atoms with Crippen LogP contribution < -0.4 is 10.1 Å². The van der Waals surface area contributed by atoms with Gasteiger partial charge in [-0.1, -0.05) is 23.7 Å². The van der Waals surface area contributed by atoms with E-state index in [1.54, 1.807) is 0 Å². The Hall–Kier alpha value is -1.81. The van der Waals surface area contributed by atoms with Gasteiger partial charge in [-0.05, 0) is 38.5 Å². The molecule has 0 radical (unpaired) electrons. The Balaban J connectivity index is 2.14. The molecule has 0 spiro atoms. The summed E-state index contributed by atoms with van der Waals surface area (Å²) in [6, 6.07) is 7.58. The van der Waals surface area contributed by atoms with Gasteiger partial charge in [-0.25, -0.2) is 4.98 Å². The van der Waals surface area contributed by atoms with Crippen LogP contribution >= 0.6 is 11.6 Å². The monoisotopic (exact) mass is 291 g/mol. The fourth-order valence-corrected chi connectivity index (χ4v) is 1.94. The van der Waals surface area contributed by atoms with Crippen LogP contribution in [-0.4, -0.2) is 16.5 Å². The highest BCUT2D eigenvalue weighted by molar-refractivity contribution is 6.30. The number of anilines is 1. The average Bonchev–Trinajstić information content (AvgIpc) is 2.43. The number of hydrogen-bond donors (Lipinski definition) is 1. The highest BCUT2D eigenvalue weighted by Crippen LogP contribution is 2.23. The van der Waals surface area contributed by atoms with Crippen LogP contribution in [0.3, 0.4) is 0 Å². The molecule has 0 atom stereocenters. The minimum atomic E-state index is 0.458. The first kappa shape index (κ1) is 14.6. The van der Waals surface area contributed by atoms with Gasteiger partial charge in [-0.3, -0.25) is 0 Å². The lowest BCUT2D eigenvalue weighted by molar-refractivity contribution is 0.290. The predicted molar refractivity (Wildman–Crippen MR) is 81.5 cm³/mol. The van der Waals surface area contributed by atoms with Crippen molar-refractivity contribution in [2.24, 2.45) is 0 Å². The van der Waals surface area contributed by atoms with Gasteiger partial charge in [0.2, 0.25) is 5.88 Å². The lowest BCUT2D eigenvalue weighted by atomic mass is 10.2. The molecule has 2 aromatic rings. The van der Waals surface area contributed by atoms with Gasteiger partial charge in [-0.15, -0.1) is 0 Å². The summed E-state index contributed by atoms with van der Waals surface area (Å²) in [4.78, 5) is 8.72. The van der Waals surface area contributed by atoms with Crippen molar-refractivity contribution in [1.29, 1.82) is 0 Å². The number of benzene rings is 1. The summed E-state index contributed by atoms with van der Waals surface area (Å²) in [7, 11) is 0. The molecular weight excluding hydrogens is 274 g/mol. The number of rotatable bonds is 5. The molecule has 0 amide bonds. The molecule has 0 saturated carbocycles. The van der Waals surface area contributed by atoms with Crippen LogP contribution in [0.5, 0.6) is 5.88 Å². The Labute approximate surface area is 124 Å². The maximum atomic E-state index is 5.86. The molecule has 1 N–H and O–H groups in total.